The van der Waals surface area contributed by atoms with Crippen LogP contribution in [0.3, 0.4) is 0 Å². The first kappa shape index (κ1) is 14.5. The molecule has 0 aliphatic carbocycles. The lowest BCUT2D eigenvalue weighted by Gasteiger charge is -2.13. The molecule has 1 unspecified atom stereocenters. The van der Waals surface area contributed by atoms with Crippen molar-refractivity contribution in [2.45, 2.75) is 19.1 Å². The number of aliphatic hydroxyl groups is 1. The highest BCUT2D eigenvalue weighted by atomic mass is 16.5. The number of aliphatic hydroxyl groups excluding tert-OH is 1. The summed E-state index contributed by atoms with van der Waals surface area (Å²) >= 11 is 0. The highest BCUT2D eigenvalue weighted by molar-refractivity contribution is 5.86. The van der Waals surface area contributed by atoms with E-state index in [0.29, 0.717) is 0 Å². The van der Waals surface area contributed by atoms with Crippen LogP contribution in [0.1, 0.15) is 22.7 Å². The van der Waals surface area contributed by atoms with Crippen LogP contribution in [0.5, 0.6) is 0 Å². The fraction of sp³-hybridized carbons (Fsp3) is 0.500. The molecule has 0 bridgehead atoms. The molecule has 1 aromatic heterocycles. The van der Waals surface area contributed by atoms with E-state index in [0.717, 1.165) is 37.2 Å². The van der Waals surface area contributed by atoms with Crippen LogP contribution in [0.4, 0.5) is 0 Å². The van der Waals surface area contributed by atoms with Crippen molar-refractivity contribution in [1.82, 2.24) is 9.47 Å². The highest BCUT2D eigenvalue weighted by Crippen LogP contribution is 2.32. The fourth-order valence-electron chi connectivity index (χ4n) is 3.15. The van der Waals surface area contributed by atoms with E-state index in [1.54, 1.807) is 7.11 Å². The van der Waals surface area contributed by atoms with Gasteiger partial charge in [-0.15, -0.1) is 0 Å². The zero-order chi connectivity index (χ0) is 15.0. The van der Waals surface area contributed by atoms with E-state index in [-0.39, 0.29) is 12.6 Å². The van der Waals surface area contributed by atoms with Crippen molar-refractivity contribution in [2.24, 2.45) is 12.8 Å². The molecule has 3 rings (SSSR count). The second kappa shape index (κ2) is 5.77. The number of rotatable bonds is 5. The van der Waals surface area contributed by atoms with Crippen molar-refractivity contribution in [1.29, 1.82) is 0 Å². The molecule has 0 amide bonds. The molecule has 2 heterocycles. The molecule has 0 spiro atoms. The van der Waals surface area contributed by atoms with Crippen molar-refractivity contribution in [3.8, 4) is 0 Å². The summed E-state index contributed by atoms with van der Waals surface area (Å²) in [5, 5.41) is 10.5. The van der Waals surface area contributed by atoms with E-state index in [1.165, 1.54) is 16.6 Å². The van der Waals surface area contributed by atoms with Gasteiger partial charge in [0.05, 0.1) is 19.3 Å². The maximum atomic E-state index is 9.33. The average Bonchev–Trinajstić information content (AvgIpc) is 3.03. The summed E-state index contributed by atoms with van der Waals surface area (Å²) in [7, 11) is 3.76. The molecular weight excluding hydrogens is 266 g/mol. The first-order valence-corrected chi connectivity index (χ1v) is 7.32. The van der Waals surface area contributed by atoms with Crippen molar-refractivity contribution in [3.63, 3.8) is 0 Å². The summed E-state index contributed by atoms with van der Waals surface area (Å²) in [5.74, 6) is 0. The van der Waals surface area contributed by atoms with E-state index in [1.807, 2.05) is 13.2 Å². The number of aryl methyl sites for hydroxylation is 1. The van der Waals surface area contributed by atoms with Gasteiger partial charge in [0.2, 0.25) is 0 Å². The molecule has 0 radical (unpaired) electrons. The predicted octanol–water partition coefficient (Wildman–Crippen LogP) is 1.13. The monoisotopic (exact) mass is 289 g/mol. The van der Waals surface area contributed by atoms with Gasteiger partial charge in [-0.05, 0) is 28.8 Å². The summed E-state index contributed by atoms with van der Waals surface area (Å²) in [5.41, 5.74) is 11.0. The number of benzene rings is 1. The van der Waals surface area contributed by atoms with Gasteiger partial charge < -0.3 is 20.1 Å². The largest absolute Gasteiger partial charge is 0.394 e. The van der Waals surface area contributed by atoms with Gasteiger partial charge in [0.15, 0.2) is 0 Å². The summed E-state index contributed by atoms with van der Waals surface area (Å²) in [6.07, 6.45) is 2.03. The molecule has 1 aromatic carbocycles. The standard InChI is InChI=1S/C16H23N3O2/c1-18-9-14(15(17)10-20)13-5-11-7-19(3-4-21-2)8-12(11)6-16(13)18/h5-6,9,15,20H,3-4,7-8,10,17H2,1-2H3. The molecule has 3 N–H and O–H groups in total. The van der Waals surface area contributed by atoms with Crippen LogP contribution in [-0.4, -0.2) is 41.4 Å². The molecule has 1 aliphatic rings. The molecular formula is C16H23N3O2. The molecule has 5 nitrogen and oxygen atoms in total. The van der Waals surface area contributed by atoms with Crippen molar-refractivity contribution >= 4 is 10.9 Å². The van der Waals surface area contributed by atoms with Gasteiger partial charge in [-0.25, -0.2) is 0 Å². The minimum absolute atomic E-state index is 0.0316. The van der Waals surface area contributed by atoms with E-state index in [4.69, 9.17) is 10.5 Å². The normalized spacial score (nSPS) is 16.6. The first-order valence-electron chi connectivity index (χ1n) is 7.32. The third-order valence-corrected chi connectivity index (χ3v) is 4.34. The molecule has 21 heavy (non-hydrogen) atoms. The lowest BCUT2D eigenvalue weighted by molar-refractivity contribution is 0.147. The zero-order valence-electron chi connectivity index (χ0n) is 12.7. The summed E-state index contributed by atoms with van der Waals surface area (Å²) in [6.45, 7) is 3.60. The first-order chi connectivity index (χ1) is 10.1. The number of ether oxygens (including phenoxy) is 1. The van der Waals surface area contributed by atoms with Gasteiger partial charge in [0.25, 0.3) is 0 Å². The minimum atomic E-state index is -0.322. The Balaban J connectivity index is 1.97. The Morgan fingerprint density at radius 3 is 2.71 bits per heavy atom. The molecule has 0 saturated carbocycles. The van der Waals surface area contributed by atoms with Gasteiger partial charge >= 0.3 is 0 Å². The molecule has 1 aliphatic heterocycles. The Morgan fingerprint density at radius 2 is 2.05 bits per heavy atom. The molecule has 0 saturated heterocycles. The number of aromatic nitrogens is 1. The van der Waals surface area contributed by atoms with Crippen LogP contribution in [0.15, 0.2) is 18.3 Å². The Labute approximate surface area is 124 Å². The van der Waals surface area contributed by atoms with E-state index in [2.05, 4.69) is 21.6 Å². The Morgan fingerprint density at radius 1 is 1.33 bits per heavy atom. The molecule has 114 valence electrons. The number of nitrogens with zero attached hydrogens (tertiary/aromatic N) is 2. The molecule has 2 aromatic rings. The van der Waals surface area contributed by atoms with Crippen LogP contribution in [0.25, 0.3) is 10.9 Å². The van der Waals surface area contributed by atoms with Gasteiger partial charge in [0.1, 0.15) is 0 Å². The van der Waals surface area contributed by atoms with Crippen molar-refractivity contribution in [3.05, 3.63) is 35.0 Å². The van der Waals surface area contributed by atoms with E-state index >= 15 is 0 Å². The van der Waals surface area contributed by atoms with Crippen LogP contribution < -0.4 is 5.73 Å². The average molecular weight is 289 g/mol. The van der Waals surface area contributed by atoms with Gasteiger partial charge in [-0.1, -0.05) is 0 Å². The second-order valence-electron chi connectivity index (χ2n) is 5.83. The quantitative estimate of drug-likeness (QED) is 0.866. The third kappa shape index (κ3) is 2.58. The van der Waals surface area contributed by atoms with Crippen LogP contribution in [-0.2, 0) is 24.9 Å². The molecule has 0 fully saturated rings. The molecule has 5 heteroatoms. The minimum Gasteiger partial charge on any atom is -0.394 e. The summed E-state index contributed by atoms with van der Waals surface area (Å²) in [6, 6.07) is 4.17. The van der Waals surface area contributed by atoms with E-state index < -0.39 is 0 Å². The van der Waals surface area contributed by atoms with Gasteiger partial charge in [-0.2, -0.15) is 0 Å². The fourth-order valence-corrected chi connectivity index (χ4v) is 3.15. The highest BCUT2D eigenvalue weighted by Gasteiger charge is 2.22. The van der Waals surface area contributed by atoms with Crippen LogP contribution in [0, 0.1) is 0 Å². The lowest BCUT2D eigenvalue weighted by atomic mass is 10.0. The Bertz CT molecular complexity index is 650. The smallest absolute Gasteiger partial charge is 0.0625 e. The second-order valence-corrected chi connectivity index (χ2v) is 5.83. The number of hydrogen-bond acceptors (Lipinski definition) is 4. The molecule has 1 atom stereocenters. The number of fused-ring (bicyclic) bond motifs is 2. The zero-order valence-corrected chi connectivity index (χ0v) is 12.7. The predicted molar refractivity (Wildman–Crippen MR) is 82.9 cm³/mol. The maximum absolute atomic E-state index is 9.33. The Kier molecular flexibility index (Phi) is 3.99. The maximum Gasteiger partial charge on any atom is 0.0625 e. The SMILES string of the molecule is COCCN1Cc2cc3c(C(N)CO)cn(C)c3cc2C1. The topological polar surface area (TPSA) is 63.6 Å². The van der Waals surface area contributed by atoms with Crippen LogP contribution >= 0.6 is 0 Å². The summed E-state index contributed by atoms with van der Waals surface area (Å²) < 4.78 is 7.25. The lowest BCUT2D eigenvalue weighted by Crippen LogP contribution is -2.21. The van der Waals surface area contributed by atoms with Gasteiger partial charge in [0, 0.05) is 50.9 Å². The number of nitrogens with two attached hydrogens (primary N) is 1. The van der Waals surface area contributed by atoms with Gasteiger partial charge in [-0.3, -0.25) is 4.90 Å². The number of methoxy groups -OCH3 is 1. The van der Waals surface area contributed by atoms with E-state index in [9.17, 15) is 5.11 Å². The summed E-state index contributed by atoms with van der Waals surface area (Å²) in [4.78, 5) is 2.39. The van der Waals surface area contributed by atoms with Crippen molar-refractivity contribution in [2.75, 3.05) is 26.9 Å². The number of hydrogen-bond donors (Lipinski definition) is 2. The van der Waals surface area contributed by atoms with Crippen molar-refractivity contribution < 1.29 is 9.84 Å². The third-order valence-electron chi connectivity index (χ3n) is 4.34. The Hall–Kier alpha value is -1.40. The van der Waals surface area contributed by atoms with Crippen LogP contribution in [0.2, 0.25) is 0 Å².